The number of hydrogen-bond donors (Lipinski definition) is 1. The van der Waals surface area contributed by atoms with Crippen LogP contribution in [0.5, 0.6) is 0 Å². The predicted octanol–water partition coefficient (Wildman–Crippen LogP) is 2.49. The molecule has 1 heterocycles. The van der Waals surface area contributed by atoms with Gasteiger partial charge in [0.25, 0.3) is 0 Å². The van der Waals surface area contributed by atoms with E-state index >= 15 is 0 Å². The summed E-state index contributed by atoms with van der Waals surface area (Å²) in [5.41, 5.74) is 1.52. The van der Waals surface area contributed by atoms with Gasteiger partial charge in [-0.1, -0.05) is 0 Å². The van der Waals surface area contributed by atoms with Gasteiger partial charge in [0.2, 0.25) is 0 Å². The topological polar surface area (TPSA) is 15.3 Å². The van der Waals surface area contributed by atoms with Crippen LogP contribution in [0.25, 0.3) is 0 Å². The maximum Gasteiger partial charge on any atom is 0.0940 e. The average Bonchev–Trinajstić information content (AvgIpc) is 2.50. The molecule has 0 radical (unpaired) electrons. The molecule has 0 aliphatic heterocycles. The van der Waals surface area contributed by atoms with Crippen LogP contribution in [0, 0.1) is 6.92 Å². The second-order valence-corrected chi connectivity index (χ2v) is 5.21. The Morgan fingerprint density at radius 3 is 2.57 bits per heavy atom. The number of nitrogens with zero attached hydrogens (tertiary/aromatic N) is 1. The molecule has 0 aromatic carbocycles. The number of rotatable bonds is 4. The van der Waals surface area contributed by atoms with E-state index < -0.39 is 0 Å². The first-order valence-electron chi connectivity index (χ1n) is 4.91. The number of hydrogen-bond acceptors (Lipinski definition) is 3. The van der Waals surface area contributed by atoms with Crippen LogP contribution in [-0.4, -0.2) is 26.2 Å². The van der Waals surface area contributed by atoms with Crippen LogP contribution in [0.15, 0.2) is 11.4 Å². The number of thiophene rings is 1. The van der Waals surface area contributed by atoms with Gasteiger partial charge in [-0.2, -0.15) is 0 Å². The Bertz CT molecular complexity index is 291. The first-order valence-corrected chi connectivity index (χ1v) is 5.79. The maximum absolute atomic E-state index is 3.23. The molecule has 0 unspecified atom stereocenters. The van der Waals surface area contributed by atoms with Gasteiger partial charge in [-0.05, 0) is 44.8 Å². The van der Waals surface area contributed by atoms with Gasteiger partial charge < -0.3 is 10.2 Å². The first-order chi connectivity index (χ1) is 6.49. The van der Waals surface area contributed by atoms with Crippen molar-refractivity contribution in [3.05, 3.63) is 17.0 Å². The molecule has 0 amide bonds. The fourth-order valence-electron chi connectivity index (χ4n) is 1.53. The standard InChI is InChI=1S/C11H20N2S/c1-9-6-7-14-10(9)13(5)11(2,3)8-12-4/h6-7,12H,8H2,1-5H3. The van der Waals surface area contributed by atoms with E-state index in [9.17, 15) is 0 Å². The van der Waals surface area contributed by atoms with Crippen LogP contribution < -0.4 is 10.2 Å². The second kappa shape index (κ2) is 4.32. The Kier molecular flexibility index (Phi) is 3.56. The summed E-state index contributed by atoms with van der Waals surface area (Å²) >= 11 is 1.81. The molecule has 1 N–H and O–H groups in total. The van der Waals surface area contributed by atoms with Crippen molar-refractivity contribution >= 4 is 16.3 Å². The number of nitrogens with one attached hydrogen (secondary N) is 1. The molecule has 0 atom stereocenters. The van der Waals surface area contributed by atoms with Crippen LogP contribution in [-0.2, 0) is 0 Å². The highest BCUT2D eigenvalue weighted by Crippen LogP contribution is 2.30. The quantitative estimate of drug-likeness (QED) is 0.825. The summed E-state index contributed by atoms with van der Waals surface area (Å²) in [5.74, 6) is 0. The van der Waals surface area contributed by atoms with Crippen molar-refractivity contribution in [2.45, 2.75) is 26.3 Å². The third kappa shape index (κ3) is 2.28. The molecule has 2 nitrogen and oxygen atoms in total. The highest BCUT2D eigenvalue weighted by Gasteiger charge is 2.24. The molecule has 0 aliphatic rings. The summed E-state index contributed by atoms with van der Waals surface area (Å²) in [6.07, 6.45) is 0. The van der Waals surface area contributed by atoms with E-state index in [4.69, 9.17) is 0 Å². The molecule has 1 rings (SSSR count). The van der Waals surface area contributed by atoms with E-state index in [2.05, 4.69) is 49.5 Å². The molecule has 1 aromatic rings. The first kappa shape index (κ1) is 11.5. The van der Waals surface area contributed by atoms with Crippen molar-refractivity contribution in [3.63, 3.8) is 0 Å². The smallest absolute Gasteiger partial charge is 0.0940 e. The lowest BCUT2D eigenvalue weighted by molar-refractivity contribution is 0.465. The van der Waals surface area contributed by atoms with Gasteiger partial charge >= 0.3 is 0 Å². The molecule has 14 heavy (non-hydrogen) atoms. The third-order valence-electron chi connectivity index (χ3n) is 2.66. The highest BCUT2D eigenvalue weighted by atomic mass is 32.1. The Morgan fingerprint density at radius 1 is 1.50 bits per heavy atom. The van der Waals surface area contributed by atoms with E-state index in [0.717, 1.165) is 6.54 Å². The van der Waals surface area contributed by atoms with Gasteiger partial charge in [0.05, 0.1) is 5.00 Å². The largest absolute Gasteiger partial charge is 0.360 e. The zero-order valence-corrected chi connectivity index (χ0v) is 10.5. The van der Waals surface area contributed by atoms with Crippen LogP contribution >= 0.6 is 11.3 Å². The summed E-state index contributed by atoms with van der Waals surface area (Å²) in [6, 6.07) is 2.17. The summed E-state index contributed by atoms with van der Waals surface area (Å²) < 4.78 is 0. The minimum absolute atomic E-state index is 0.157. The van der Waals surface area contributed by atoms with Crippen molar-refractivity contribution in [2.24, 2.45) is 0 Å². The average molecular weight is 212 g/mol. The SMILES string of the molecule is CNCC(C)(C)N(C)c1sccc1C. The molecule has 0 aliphatic carbocycles. The Hall–Kier alpha value is -0.540. The van der Waals surface area contributed by atoms with E-state index in [0.29, 0.717) is 0 Å². The molecular formula is C11H20N2S. The lowest BCUT2D eigenvalue weighted by atomic mass is 10.0. The van der Waals surface area contributed by atoms with Crippen molar-refractivity contribution in [1.82, 2.24) is 5.32 Å². The Labute approximate surface area is 90.9 Å². The molecular weight excluding hydrogens is 192 g/mol. The van der Waals surface area contributed by atoms with E-state index in [-0.39, 0.29) is 5.54 Å². The van der Waals surface area contributed by atoms with Crippen molar-refractivity contribution in [1.29, 1.82) is 0 Å². The van der Waals surface area contributed by atoms with Gasteiger partial charge in [0.1, 0.15) is 0 Å². The Balaban J connectivity index is 2.84. The van der Waals surface area contributed by atoms with Gasteiger partial charge in [-0.25, -0.2) is 0 Å². The normalized spacial score (nSPS) is 11.8. The van der Waals surface area contributed by atoms with Gasteiger partial charge in [-0.3, -0.25) is 0 Å². The fourth-order valence-corrected chi connectivity index (χ4v) is 2.59. The summed E-state index contributed by atoms with van der Waals surface area (Å²) in [5, 5.41) is 6.75. The van der Waals surface area contributed by atoms with Crippen LogP contribution in [0.2, 0.25) is 0 Å². The van der Waals surface area contributed by atoms with Crippen LogP contribution in [0.3, 0.4) is 0 Å². The summed E-state index contributed by atoms with van der Waals surface area (Å²) in [4.78, 5) is 2.35. The zero-order valence-electron chi connectivity index (χ0n) is 9.72. The molecule has 1 aromatic heterocycles. The monoisotopic (exact) mass is 212 g/mol. The number of aryl methyl sites for hydroxylation is 1. The van der Waals surface area contributed by atoms with Gasteiger partial charge in [0, 0.05) is 19.1 Å². The fraction of sp³-hybridized carbons (Fsp3) is 0.636. The number of likely N-dealkylation sites (N-methyl/N-ethyl adjacent to an activating group) is 2. The summed E-state index contributed by atoms with van der Waals surface area (Å²) in [6.45, 7) is 7.66. The van der Waals surface area contributed by atoms with Crippen molar-refractivity contribution in [3.8, 4) is 0 Å². The molecule has 3 heteroatoms. The molecule has 0 saturated carbocycles. The lowest BCUT2D eigenvalue weighted by Crippen LogP contribution is -2.48. The third-order valence-corrected chi connectivity index (χ3v) is 3.75. The van der Waals surface area contributed by atoms with Crippen LogP contribution in [0.1, 0.15) is 19.4 Å². The van der Waals surface area contributed by atoms with Gasteiger partial charge in [0.15, 0.2) is 0 Å². The Morgan fingerprint density at radius 2 is 2.14 bits per heavy atom. The lowest BCUT2D eigenvalue weighted by Gasteiger charge is -2.37. The zero-order chi connectivity index (χ0) is 10.8. The molecule has 0 spiro atoms. The second-order valence-electron chi connectivity index (χ2n) is 4.31. The highest BCUT2D eigenvalue weighted by molar-refractivity contribution is 7.14. The van der Waals surface area contributed by atoms with Crippen molar-refractivity contribution in [2.75, 3.05) is 25.5 Å². The van der Waals surface area contributed by atoms with E-state index in [1.165, 1.54) is 10.6 Å². The van der Waals surface area contributed by atoms with Gasteiger partial charge in [-0.15, -0.1) is 11.3 Å². The minimum atomic E-state index is 0.157. The maximum atomic E-state index is 3.23. The predicted molar refractivity (Wildman–Crippen MR) is 65.5 cm³/mol. The van der Waals surface area contributed by atoms with E-state index in [1.807, 2.05) is 18.4 Å². The molecule has 0 fully saturated rings. The van der Waals surface area contributed by atoms with Crippen LogP contribution in [0.4, 0.5) is 5.00 Å². The molecule has 0 saturated heterocycles. The molecule has 0 bridgehead atoms. The summed E-state index contributed by atoms with van der Waals surface area (Å²) in [7, 11) is 4.16. The van der Waals surface area contributed by atoms with E-state index in [1.54, 1.807) is 0 Å². The number of anilines is 1. The molecule has 80 valence electrons. The van der Waals surface area contributed by atoms with Crippen molar-refractivity contribution < 1.29 is 0 Å². The minimum Gasteiger partial charge on any atom is -0.360 e.